The van der Waals surface area contributed by atoms with Crippen LogP contribution in [0.2, 0.25) is 0 Å². The lowest BCUT2D eigenvalue weighted by molar-refractivity contribution is 0.0160. The highest BCUT2D eigenvalue weighted by Crippen LogP contribution is 2.27. The molecule has 1 N–H and O–H groups in total. The maximum atomic E-state index is 8.96. The van der Waals surface area contributed by atoms with Gasteiger partial charge in [-0.2, -0.15) is 0 Å². The van der Waals surface area contributed by atoms with E-state index in [9.17, 15) is 0 Å². The Morgan fingerprint density at radius 2 is 1.95 bits per heavy atom. The van der Waals surface area contributed by atoms with E-state index in [2.05, 4.69) is 40.6 Å². The normalized spacial score (nSPS) is 12.8. The number of hydrogen-bond acceptors (Lipinski definition) is 4. The third kappa shape index (κ3) is 5.25. The van der Waals surface area contributed by atoms with Crippen molar-refractivity contribution in [1.29, 1.82) is 0 Å². The number of aliphatic hydroxyl groups excluding tert-OH is 1. The molecule has 2 aromatic rings. The van der Waals surface area contributed by atoms with Crippen molar-refractivity contribution in [3.05, 3.63) is 57.8 Å². The predicted octanol–water partition coefficient (Wildman–Crippen LogP) is 2.95. The molecule has 1 atom stereocenters. The summed E-state index contributed by atoms with van der Waals surface area (Å²) in [5.41, 5.74) is 2.64. The second kappa shape index (κ2) is 8.29. The Balaban J connectivity index is 2.04. The van der Waals surface area contributed by atoms with Crippen LogP contribution in [0.25, 0.3) is 0 Å². The molecule has 3 nitrogen and oxygen atoms in total. The van der Waals surface area contributed by atoms with E-state index < -0.39 is 0 Å². The fraction of sp³-hybridized carbons (Fsp3) is 0.412. The van der Waals surface area contributed by atoms with E-state index in [1.807, 2.05) is 20.2 Å². The van der Waals surface area contributed by atoms with E-state index in [1.54, 1.807) is 11.3 Å². The molecule has 0 bridgehead atoms. The molecule has 2 rings (SSSR count). The summed E-state index contributed by atoms with van der Waals surface area (Å²) in [5, 5.41) is 11.2. The van der Waals surface area contributed by atoms with Crippen molar-refractivity contribution in [1.82, 2.24) is 4.90 Å². The van der Waals surface area contributed by atoms with E-state index in [0.717, 1.165) is 13.0 Å². The molecule has 1 unspecified atom stereocenters. The van der Waals surface area contributed by atoms with Gasteiger partial charge in [0.25, 0.3) is 0 Å². The number of likely N-dealkylation sites (N-methyl/N-ethyl adjacent to an activating group) is 1. The van der Waals surface area contributed by atoms with Crippen molar-refractivity contribution >= 4 is 11.3 Å². The summed E-state index contributed by atoms with van der Waals surface area (Å²) in [5.74, 6) is 0. The van der Waals surface area contributed by atoms with E-state index in [1.165, 1.54) is 16.0 Å². The maximum Gasteiger partial charge on any atom is 0.104 e. The molecule has 0 saturated heterocycles. The minimum Gasteiger partial charge on any atom is -0.394 e. The first-order valence-corrected chi connectivity index (χ1v) is 8.05. The summed E-state index contributed by atoms with van der Waals surface area (Å²) in [7, 11) is 4.07. The predicted molar refractivity (Wildman–Crippen MR) is 87.9 cm³/mol. The third-order valence-electron chi connectivity index (χ3n) is 3.18. The standard InChI is InChI=1S/C17H23NO2S/c1-18(2)12-16(20-9-8-19)17-11-15(13-21-17)10-14-6-4-3-5-7-14/h3-7,11,13,16,19H,8-10,12H2,1-2H3. The minimum absolute atomic E-state index is 0.0293. The zero-order valence-electron chi connectivity index (χ0n) is 12.7. The average Bonchev–Trinajstić information content (AvgIpc) is 2.92. The van der Waals surface area contributed by atoms with Gasteiger partial charge in [-0.25, -0.2) is 0 Å². The highest BCUT2D eigenvalue weighted by Gasteiger charge is 2.15. The maximum absolute atomic E-state index is 8.96. The van der Waals surface area contributed by atoms with Gasteiger partial charge in [0.05, 0.1) is 13.2 Å². The van der Waals surface area contributed by atoms with Gasteiger partial charge in [-0.1, -0.05) is 30.3 Å². The van der Waals surface area contributed by atoms with E-state index in [0.29, 0.717) is 6.61 Å². The largest absolute Gasteiger partial charge is 0.394 e. The Morgan fingerprint density at radius 3 is 2.62 bits per heavy atom. The first kappa shape index (κ1) is 16.2. The minimum atomic E-state index is 0.0293. The Labute approximate surface area is 130 Å². The summed E-state index contributed by atoms with van der Waals surface area (Å²) >= 11 is 1.74. The molecule has 1 heterocycles. The summed E-state index contributed by atoms with van der Waals surface area (Å²) in [6.45, 7) is 1.27. The molecule has 1 aromatic carbocycles. The average molecular weight is 305 g/mol. The van der Waals surface area contributed by atoms with Gasteiger partial charge in [0.2, 0.25) is 0 Å². The number of hydrogen-bond donors (Lipinski definition) is 1. The van der Waals surface area contributed by atoms with Crippen LogP contribution in [-0.2, 0) is 11.2 Å². The van der Waals surface area contributed by atoms with Crippen LogP contribution in [0.1, 0.15) is 22.1 Å². The number of thiophene rings is 1. The molecule has 0 amide bonds. The molecule has 0 fully saturated rings. The van der Waals surface area contributed by atoms with Gasteiger partial charge in [-0.3, -0.25) is 0 Å². The van der Waals surface area contributed by atoms with Gasteiger partial charge >= 0.3 is 0 Å². The summed E-state index contributed by atoms with van der Waals surface area (Å²) in [6, 6.07) is 12.7. The number of rotatable bonds is 8. The number of nitrogens with zero attached hydrogens (tertiary/aromatic N) is 1. The lowest BCUT2D eigenvalue weighted by atomic mass is 10.1. The molecule has 0 radical (unpaired) electrons. The van der Waals surface area contributed by atoms with Gasteiger partial charge in [-0.15, -0.1) is 11.3 Å². The zero-order chi connectivity index (χ0) is 15.1. The number of benzene rings is 1. The van der Waals surface area contributed by atoms with Crippen molar-refractivity contribution in [3.63, 3.8) is 0 Å². The Kier molecular flexibility index (Phi) is 6.39. The molecule has 0 aliphatic heterocycles. The summed E-state index contributed by atoms with van der Waals surface area (Å²) in [4.78, 5) is 3.33. The Morgan fingerprint density at radius 1 is 1.19 bits per heavy atom. The number of ether oxygens (including phenoxy) is 1. The van der Waals surface area contributed by atoms with E-state index in [-0.39, 0.29) is 12.7 Å². The molecule has 0 saturated carbocycles. The third-order valence-corrected chi connectivity index (χ3v) is 4.26. The summed E-state index contributed by atoms with van der Waals surface area (Å²) < 4.78 is 5.77. The van der Waals surface area contributed by atoms with Gasteiger partial charge in [0, 0.05) is 11.4 Å². The van der Waals surface area contributed by atoms with Crippen LogP contribution < -0.4 is 0 Å². The molecular formula is C17H23NO2S. The van der Waals surface area contributed by atoms with Gasteiger partial charge in [0.15, 0.2) is 0 Å². The second-order valence-corrected chi connectivity index (χ2v) is 6.31. The highest BCUT2D eigenvalue weighted by molar-refractivity contribution is 7.10. The second-order valence-electron chi connectivity index (χ2n) is 5.36. The summed E-state index contributed by atoms with van der Waals surface area (Å²) in [6.07, 6.45) is 0.980. The van der Waals surface area contributed by atoms with Crippen molar-refractivity contribution in [3.8, 4) is 0 Å². The molecular weight excluding hydrogens is 282 g/mol. The van der Waals surface area contributed by atoms with E-state index in [4.69, 9.17) is 9.84 Å². The van der Waals surface area contributed by atoms with Crippen LogP contribution in [0.15, 0.2) is 41.8 Å². The lowest BCUT2D eigenvalue weighted by Gasteiger charge is -2.20. The first-order valence-electron chi connectivity index (χ1n) is 7.17. The fourth-order valence-corrected chi connectivity index (χ4v) is 3.19. The van der Waals surface area contributed by atoms with Crippen LogP contribution in [0.3, 0.4) is 0 Å². The van der Waals surface area contributed by atoms with Gasteiger partial charge in [-0.05, 0) is 43.1 Å². The SMILES string of the molecule is CN(C)CC(OCCO)c1cc(Cc2ccccc2)cs1. The van der Waals surface area contributed by atoms with Gasteiger partial charge in [0.1, 0.15) is 6.10 Å². The van der Waals surface area contributed by atoms with Crippen molar-refractivity contribution in [2.24, 2.45) is 0 Å². The van der Waals surface area contributed by atoms with Crippen molar-refractivity contribution in [2.75, 3.05) is 33.9 Å². The highest BCUT2D eigenvalue weighted by atomic mass is 32.1. The Hall–Kier alpha value is -1.20. The number of aliphatic hydroxyl groups is 1. The fourth-order valence-electron chi connectivity index (χ4n) is 2.24. The monoisotopic (exact) mass is 305 g/mol. The zero-order valence-corrected chi connectivity index (χ0v) is 13.5. The quantitative estimate of drug-likeness (QED) is 0.814. The van der Waals surface area contributed by atoms with E-state index >= 15 is 0 Å². The van der Waals surface area contributed by atoms with Crippen LogP contribution in [0.4, 0.5) is 0 Å². The van der Waals surface area contributed by atoms with Crippen LogP contribution >= 0.6 is 11.3 Å². The van der Waals surface area contributed by atoms with Crippen molar-refractivity contribution in [2.45, 2.75) is 12.5 Å². The van der Waals surface area contributed by atoms with Crippen molar-refractivity contribution < 1.29 is 9.84 Å². The van der Waals surface area contributed by atoms with Crippen LogP contribution in [-0.4, -0.2) is 43.9 Å². The van der Waals surface area contributed by atoms with Crippen LogP contribution in [0, 0.1) is 0 Å². The molecule has 1 aromatic heterocycles. The molecule has 0 aliphatic carbocycles. The first-order chi connectivity index (χ1) is 10.2. The molecule has 4 heteroatoms. The Bertz CT molecular complexity index is 525. The molecule has 114 valence electrons. The lowest BCUT2D eigenvalue weighted by Crippen LogP contribution is -2.22. The van der Waals surface area contributed by atoms with Crippen LogP contribution in [0.5, 0.6) is 0 Å². The topological polar surface area (TPSA) is 32.7 Å². The van der Waals surface area contributed by atoms with Gasteiger partial charge < -0.3 is 14.7 Å². The molecule has 0 spiro atoms. The molecule has 0 aliphatic rings. The molecule has 21 heavy (non-hydrogen) atoms. The smallest absolute Gasteiger partial charge is 0.104 e.